The van der Waals surface area contributed by atoms with Crippen molar-refractivity contribution in [3.8, 4) is 0 Å². The predicted octanol–water partition coefficient (Wildman–Crippen LogP) is 1.98. The lowest BCUT2D eigenvalue weighted by Gasteiger charge is -2.02. The van der Waals surface area contributed by atoms with Crippen molar-refractivity contribution < 1.29 is 18.0 Å². The molecule has 0 saturated carbocycles. The van der Waals surface area contributed by atoms with E-state index in [-0.39, 0.29) is 10.6 Å². The van der Waals surface area contributed by atoms with Gasteiger partial charge in [-0.05, 0) is 0 Å². The Morgan fingerprint density at radius 2 is 2.27 bits per heavy atom. The van der Waals surface area contributed by atoms with Gasteiger partial charge in [0, 0.05) is 5.38 Å². The van der Waals surface area contributed by atoms with Crippen LogP contribution in [-0.2, 0) is 11.0 Å². The summed E-state index contributed by atoms with van der Waals surface area (Å²) in [7, 11) is 0. The van der Waals surface area contributed by atoms with Crippen LogP contribution in [0.15, 0.2) is 11.7 Å². The van der Waals surface area contributed by atoms with E-state index in [0.29, 0.717) is 6.41 Å². The highest BCUT2D eigenvalue weighted by molar-refractivity contribution is 7.16. The molecule has 4 nitrogen and oxygen atoms in total. The number of thiazole rings is 1. The third-order valence-corrected chi connectivity index (χ3v) is 2.71. The highest BCUT2D eigenvalue weighted by atomic mass is 32.1. The van der Waals surface area contributed by atoms with Gasteiger partial charge in [0.15, 0.2) is 5.82 Å². The van der Waals surface area contributed by atoms with Gasteiger partial charge in [0.25, 0.3) is 0 Å². The molecule has 0 aromatic carbocycles. The molecular formula is C7H4F3N3OS. The van der Waals surface area contributed by atoms with Crippen molar-refractivity contribution in [1.82, 2.24) is 9.38 Å². The maximum absolute atomic E-state index is 12.4. The zero-order valence-corrected chi connectivity index (χ0v) is 7.89. The molecule has 2 aromatic heterocycles. The minimum Gasteiger partial charge on any atom is -0.311 e. The molecule has 0 fully saturated rings. The molecule has 1 amide bonds. The van der Waals surface area contributed by atoms with Crippen LogP contribution in [0.5, 0.6) is 0 Å². The van der Waals surface area contributed by atoms with Gasteiger partial charge in [-0.1, -0.05) is 0 Å². The number of hydrogen-bond acceptors (Lipinski definition) is 3. The van der Waals surface area contributed by atoms with E-state index in [4.69, 9.17) is 0 Å². The molecule has 0 aliphatic rings. The standard InChI is InChI=1S/C7H4F3N3OS/c8-7(9,10)4-1-15-6-5(12-3-14)11-2-13(4)6/h1-3H,(H,12,14). The van der Waals surface area contributed by atoms with Crippen LogP contribution in [0.4, 0.5) is 19.0 Å². The summed E-state index contributed by atoms with van der Waals surface area (Å²) in [5, 5.41) is 3.21. The van der Waals surface area contributed by atoms with Crippen LogP contribution in [0.25, 0.3) is 4.83 Å². The van der Waals surface area contributed by atoms with Crippen molar-refractivity contribution in [2.75, 3.05) is 5.32 Å². The van der Waals surface area contributed by atoms with Crippen molar-refractivity contribution in [2.45, 2.75) is 6.18 Å². The third kappa shape index (κ3) is 1.56. The molecule has 15 heavy (non-hydrogen) atoms. The number of fused-ring (bicyclic) bond motifs is 1. The summed E-state index contributed by atoms with van der Waals surface area (Å²) >= 11 is 0.873. The van der Waals surface area contributed by atoms with E-state index in [1.54, 1.807) is 0 Å². The van der Waals surface area contributed by atoms with Gasteiger partial charge in [0.1, 0.15) is 16.9 Å². The van der Waals surface area contributed by atoms with E-state index < -0.39 is 11.9 Å². The molecule has 2 rings (SSSR count). The Morgan fingerprint density at radius 3 is 2.87 bits per heavy atom. The average Bonchev–Trinajstić information content (AvgIpc) is 2.66. The summed E-state index contributed by atoms with van der Waals surface area (Å²) in [6.45, 7) is 0. The fraction of sp³-hybridized carbons (Fsp3) is 0.143. The first kappa shape index (κ1) is 9.97. The number of carbonyl (C=O) groups excluding carboxylic acids is 1. The largest absolute Gasteiger partial charge is 0.432 e. The quantitative estimate of drug-likeness (QED) is 0.809. The Morgan fingerprint density at radius 1 is 1.53 bits per heavy atom. The number of nitrogens with one attached hydrogen (secondary N) is 1. The van der Waals surface area contributed by atoms with Crippen LogP contribution in [0.1, 0.15) is 5.69 Å². The summed E-state index contributed by atoms with van der Waals surface area (Å²) in [5.41, 5.74) is -0.797. The number of amides is 1. The first-order valence-corrected chi connectivity index (χ1v) is 4.64. The second-order valence-electron chi connectivity index (χ2n) is 2.65. The van der Waals surface area contributed by atoms with E-state index in [1.807, 2.05) is 0 Å². The molecule has 1 N–H and O–H groups in total. The third-order valence-electron chi connectivity index (χ3n) is 1.75. The summed E-state index contributed by atoms with van der Waals surface area (Å²) in [6, 6.07) is 0. The van der Waals surface area contributed by atoms with Crippen LogP contribution >= 0.6 is 11.3 Å². The Hall–Kier alpha value is -1.57. The maximum Gasteiger partial charge on any atom is 0.432 e. The fourth-order valence-corrected chi connectivity index (χ4v) is 2.10. The highest BCUT2D eigenvalue weighted by Gasteiger charge is 2.34. The van der Waals surface area contributed by atoms with Gasteiger partial charge in [0.2, 0.25) is 6.41 Å². The SMILES string of the molecule is O=CNc1ncn2c(C(F)(F)F)csc12. The highest BCUT2D eigenvalue weighted by Crippen LogP contribution is 2.34. The molecule has 0 aliphatic heterocycles. The molecule has 0 aliphatic carbocycles. The minimum atomic E-state index is -4.42. The number of anilines is 1. The molecule has 80 valence electrons. The summed E-state index contributed by atoms with van der Waals surface area (Å²) < 4.78 is 38.1. The zero-order chi connectivity index (χ0) is 11.1. The number of carbonyl (C=O) groups is 1. The second-order valence-corrected chi connectivity index (χ2v) is 3.51. The van der Waals surface area contributed by atoms with Crippen molar-refractivity contribution in [3.63, 3.8) is 0 Å². The van der Waals surface area contributed by atoms with Gasteiger partial charge in [-0.3, -0.25) is 9.20 Å². The molecule has 2 aromatic rings. The summed E-state index contributed by atoms with van der Waals surface area (Å²) in [6.07, 6.45) is -3.02. The van der Waals surface area contributed by atoms with Crippen molar-refractivity contribution >= 4 is 28.4 Å². The van der Waals surface area contributed by atoms with Crippen molar-refractivity contribution in [1.29, 1.82) is 0 Å². The number of rotatable bonds is 2. The lowest BCUT2D eigenvalue weighted by Crippen LogP contribution is -2.07. The van der Waals surface area contributed by atoms with Crippen LogP contribution < -0.4 is 5.32 Å². The van der Waals surface area contributed by atoms with Crippen molar-refractivity contribution in [3.05, 3.63) is 17.4 Å². The molecule has 0 spiro atoms. The molecule has 8 heteroatoms. The smallest absolute Gasteiger partial charge is 0.311 e. The van der Waals surface area contributed by atoms with Gasteiger partial charge in [-0.15, -0.1) is 11.3 Å². The van der Waals surface area contributed by atoms with E-state index in [9.17, 15) is 18.0 Å². The average molecular weight is 235 g/mol. The van der Waals surface area contributed by atoms with Gasteiger partial charge in [-0.2, -0.15) is 13.2 Å². The molecule has 0 unspecified atom stereocenters. The van der Waals surface area contributed by atoms with E-state index >= 15 is 0 Å². The number of halogens is 3. The van der Waals surface area contributed by atoms with Gasteiger partial charge in [0.05, 0.1) is 0 Å². The summed E-state index contributed by atoms with van der Waals surface area (Å²) in [4.78, 5) is 14.1. The number of nitrogens with zero attached hydrogens (tertiary/aromatic N) is 2. The first-order chi connectivity index (χ1) is 7.04. The normalized spacial score (nSPS) is 11.9. The Balaban J connectivity index is 2.58. The Kier molecular flexibility index (Phi) is 2.14. The molecule has 2 heterocycles. The number of imidazole rings is 1. The molecule has 0 atom stereocenters. The topological polar surface area (TPSA) is 46.4 Å². The van der Waals surface area contributed by atoms with Gasteiger partial charge >= 0.3 is 6.18 Å². The van der Waals surface area contributed by atoms with E-state index in [1.165, 1.54) is 0 Å². The Labute approximate surface area is 85.3 Å². The fourth-order valence-electron chi connectivity index (χ4n) is 1.15. The van der Waals surface area contributed by atoms with E-state index in [0.717, 1.165) is 27.4 Å². The monoisotopic (exact) mass is 235 g/mol. The number of aromatic nitrogens is 2. The number of alkyl halides is 3. The minimum absolute atomic E-state index is 0.130. The van der Waals surface area contributed by atoms with Gasteiger partial charge in [-0.25, -0.2) is 4.98 Å². The molecule has 0 saturated heterocycles. The van der Waals surface area contributed by atoms with Crippen LogP contribution in [0.2, 0.25) is 0 Å². The van der Waals surface area contributed by atoms with Crippen LogP contribution in [0, 0.1) is 0 Å². The van der Waals surface area contributed by atoms with E-state index in [2.05, 4.69) is 10.3 Å². The molecule has 0 bridgehead atoms. The maximum atomic E-state index is 12.4. The first-order valence-electron chi connectivity index (χ1n) is 3.76. The Bertz CT molecular complexity index is 501. The van der Waals surface area contributed by atoms with Crippen LogP contribution in [0.3, 0.4) is 0 Å². The molecular weight excluding hydrogens is 231 g/mol. The summed E-state index contributed by atoms with van der Waals surface area (Å²) in [5.74, 6) is 0.130. The van der Waals surface area contributed by atoms with Crippen LogP contribution in [-0.4, -0.2) is 15.8 Å². The number of hydrogen-bond donors (Lipinski definition) is 1. The predicted molar refractivity (Wildman–Crippen MR) is 47.8 cm³/mol. The van der Waals surface area contributed by atoms with Crippen molar-refractivity contribution in [2.24, 2.45) is 0 Å². The lowest BCUT2D eigenvalue weighted by molar-refractivity contribution is -0.141. The second kappa shape index (κ2) is 3.23. The van der Waals surface area contributed by atoms with Gasteiger partial charge < -0.3 is 5.32 Å². The lowest BCUT2D eigenvalue weighted by atomic mass is 10.5. The molecule has 0 radical (unpaired) electrons. The zero-order valence-electron chi connectivity index (χ0n) is 7.08.